The molecular formula is C41H45FN8O5. The minimum atomic E-state index is -0.759. The van der Waals surface area contributed by atoms with Crippen LogP contribution in [0.3, 0.4) is 0 Å². The van der Waals surface area contributed by atoms with Gasteiger partial charge in [-0.1, -0.05) is 18.2 Å². The molecule has 3 aromatic heterocycles. The van der Waals surface area contributed by atoms with Crippen LogP contribution in [0.25, 0.3) is 22.0 Å². The Morgan fingerprint density at radius 2 is 1.67 bits per heavy atom. The monoisotopic (exact) mass is 748 g/mol. The summed E-state index contributed by atoms with van der Waals surface area (Å²) in [6.45, 7) is 13.3. The fraction of sp³-hybridized carbons (Fsp3) is 0.341. The molecule has 0 saturated carbocycles. The molecule has 5 aromatic rings. The summed E-state index contributed by atoms with van der Waals surface area (Å²) in [7, 11) is 0. The molecule has 6 rings (SSSR count). The molecule has 0 unspecified atom stereocenters. The van der Waals surface area contributed by atoms with Crippen LogP contribution in [0.4, 0.5) is 37.3 Å². The van der Waals surface area contributed by atoms with Crippen molar-refractivity contribution in [3.63, 3.8) is 0 Å². The van der Waals surface area contributed by atoms with E-state index < -0.39 is 41.2 Å². The first kappa shape index (κ1) is 38.5. The number of hydrogen-bond donors (Lipinski definition) is 2. The third-order valence-electron chi connectivity index (χ3n) is 8.64. The number of nitrogens with one attached hydrogen (secondary N) is 2. The smallest absolute Gasteiger partial charge is 0.413 e. The van der Waals surface area contributed by atoms with Gasteiger partial charge in [0.1, 0.15) is 28.7 Å². The van der Waals surface area contributed by atoms with Crippen molar-refractivity contribution in [3.8, 4) is 11.3 Å². The lowest BCUT2D eigenvalue weighted by molar-refractivity contribution is 0.0195. The second-order valence-electron chi connectivity index (χ2n) is 15.3. The number of halogens is 1. The molecule has 1 saturated heterocycles. The molecule has 3 amide bonds. The van der Waals surface area contributed by atoms with Crippen molar-refractivity contribution in [2.24, 2.45) is 0 Å². The molecule has 286 valence electrons. The molecule has 0 radical (unpaired) electrons. The first-order chi connectivity index (χ1) is 26.0. The number of aryl methyl sites for hydroxylation is 1. The van der Waals surface area contributed by atoms with Crippen molar-refractivity contribution in [3.05, 3.63) is 96.2 Å². The molecule has 13 nitrogen and oxygen atoms in total. The van der Waals surface area contributed by atoms with E-state index in [0.717, 1.165) is 16.3 Å². The van der Waals surface area contributed by atoms with Crippen LogP contribution in [0.1, 0.15) is 70.3 Å². The number of hydrogen-bond acceptors (Lipinski definition) is 10. The van der Waals surface area contributed by atoms with E-state index in [1.54, 1.807) is 89.3 Å². The number of anilines is 4. The highest BCUT2D eigenvalue weighted by Gasteiger charge is 2.36. The molecule has 0 aliphatic carbocycles. The summed E-state index contributed by atoms with van der Waals surface area (Å²) >= 11 is 0. The topological polar surface area (TPSA) is 152 Å². The third kappa shape index (κ3) is 9.50. The quantitative estimate of drug-likeness (QED) is 0.165. The molecule has 2 aromatic carbocycles. The molecule has 1 aliphatic rings. The molecule has 1 atom stereocenters. The number of nitrogens with zero attached hydrogens (tertiary/aromatic N) is 6. The van der Waals surface area contributed by atoms with Gasteiger partial charge in [-0.2, -0.15) is 0 Å². The number of pyridine rings is 2. The van der Waals surface area contributed by atoms with Crippen molar-refractivity contribution in [1.29, 1.82) is 0 Å². The standard InChI is InChI=1S/C41H45FN8O5/c1-25-10-8-11-26-17-19-43-35(34(25)26)50(29-12-9-21-49(24-29)39(53)55-41(5,6)7)36(51)30-15-14-28(22-31(30)42)46-37-44-20-18-32(47-37)27-13-16-33(45-23-27)48-38(52)54-40(2,3)4/h8,10-11,13-20,22-23,29H,9,12,21,24H2,1-7H3,(H,44,46,47)(H,45,48,52)/t29-/m1/s1. The van der Waals surface area contributed by atoms with Gasteiger partial charge < -0.3 is 19.7 Å². The lowest BCUT2D eigenvalue weighted by atomic mass is 10.00. The zero-order chi connectivity index (χ0) is 39.5. The predicted octanol–water partition coefficient (Wildman–Crippen LogP) is 8.67. The number of amides is 3. The van der Waals surface area contributed by atoms with Crippen LogP contribution in [0.2, 0.25) is 0 Å². The number of aromatic nitrogens is 4. The average molecular weight is 749 g/mol. The Balaban J connectivity index is 1.25. The highest BCUT2D eigenvalue weighted by Crippen LogP contribution is 2.33. The second kappa shape index (κ2) is 15.7. The highest BCUT2D eigenvalue weighted by molar-refractivity contribution is 6.11. The molecular weight excluding hydrogens is 704 g/mol. The molecule has 14 heteroatoms. The van der Waals surface area contributed by atoms with E-state index in [1.165, 1.54) is 17.0 Å². The third-order valence-corrected chi connectivity index (χ3v) is 8.64. The first-order valence-electron chi connectivity index (χ1n) is 18.1. The predicted molar refractivity (Wildman–Crippen MR) is 209 cm³/mol. The fourth-order valence-electron chi connectivity index (χ4n) is 6.30. The van der Waals surface area contributed by atoms with E-state index in [4.69, 9.17) is 9.47 Å². The van der Waals surface area contributed by atoms with Crippen LogP contribution in [0, 0.1) is 12.7 Å². The van der Waals surface area contributed by atoms with Crippen molar-refractivity contribution in [2.75, 3.05) is 28.6 Å². The summed E-state index contributed by atoms with van der Waals surface area (Å²) in [4.78, 5) is 60.8. The van der Waals surface area contributed by atoms with E-state index in [-0.39, 0.29) is 18.1 Å². The van der Waals surface area contributed by atoms with Crippen LogP contribution in [-0.2, 0) is 9.47 Å². The van der Waals surface area contributed by atoms with Crippen molar-refractivity contribution < 1.29 is 28.2 Å². The summed E-state index contributed by atoms with van der Waals surface area (Å²) in [6, 6.07) is 16.5. The second-order valence-corrected chi connectivity index (χ2v) is 15.3. The molecule has 0 bridgehead atoms. The molecule has 55 heavy (non-hydrogen) atoms. The van der Waals surface area contributed by atoms with Gasteiger partial charge in [-0.05, 0) is 115 Å². The van der Waals surface area contributed by atoms with Gasteiger partial charge in [0.25, 0.3) is 5.91 Å². The van der Waals surface area contributed by atoms with Gasteiger partial charge in [-0.15, -0.1) is 0 Å². The Hall–Kier alpha value is -6.18. The van der Waals surface area contributed by atoms with Crippen molar-refractivity contribution >= 4 is 52.1 Å². The van der Waals surface area contributed by atoms with Gasteiger partial charge in [-0.25, -0.2) is 33.9 Å². The molecule has 4 heterocycles. The Labute approximate surface area is 319 Å². The van der Waals surface area contributed by atoms with Gasteiger partial charge in [0.15, 0.2) is 0 Å². The average Bonchev–Trinajstić information content (AvgIpc) is 3.11. The number of benzene rings is 2. The van der Waals surface area contributed by atoms with Gasteiger partial charge in [-0.3, -0.25) is 15.0 Å². The maximum atomic E-state index is 16.1. The highest BCUT2D eigenvalue weighted by atomic mass is 19.1. The number of carbonyl (C=O) groups excluding carboxylic acids is 3. The SMILES string of the molecule is Cc1cccc2ccnc(N(C(=O)c3ccc(Nc4nccc(-c5ccc(NC(=O)OC(C)(C)C)nc5)n4)cc3F)[C@@H]3CCCN(C(=O)OC(C)(C)C)C3)c12. The minimum absolute atomic E-state index is 0.159. The minimum Gasteiger partial charge on any atom is -0.444 e. The zero-order valence-electron chi connectivity index (χ0n) is 32.0. The fourth-order valence-corrected chi connectivity index (χ4v) is 6.30. The first-order valence-corrected chi connectivity index (χ1v) is 18.1. The van der Waals surface area contributed by atoms with E-state index in [0.29, 0.717) is 48.0 Å². The van der Waals surface area contributed by atoms with E-state index >= 15 is 4.39 Å². The van der Waals surface area contributed by atoms with Crippen molar-refractivity contribution in [2.45, 2.75) is 78.6 Å². The maximum absolute atomic E-state index is 16.1. The van der Waals surface area contributed by atoms with Crippen LogP contribution < -0.4 is 15.5 Å². The molecule has 2 N–H and O–H groups in total. The van der Waals surface area contributed by atoms with E-state index in [9.17, 15) is 14.4 Å². The van der Waals surface area contributed by atoms with E-state index in [2.05, 4.69) is 30.6 Å². The largest absolute Gasteiger partial charge is 0.444 e. The molecule has 1 aliphatic heterocycles. The molecule has 0 spiro atoms. The Morgan fingerprint density at radius 1 is 0.909 bits per heavy atom. The summed E-state index contributed by atoms with van der Waals surface area (Å²) in [5.74, 6) is -0.451. The maximum Gasteiger partial charge on any atom is 0.413 e. The normalized spacial score (nSPS) is 14.6. The number of ether oxygens (including phenoxy) is 2. The molecule has 1 fully saturated rings. The Kier molecular flexibility index (Phi) is 11.0. The lowest BCUT2D eigenvalue weighted by Gasteiger charge is -2.39. The van der Waals surface area contributed by atoms with Gasteiger partial charge in [0, 0.05) is 48.3 Å². The van der Waals surface area contributed by atoms with Gasteiger partial charge >= 0.3 is 12.2 Å². The van der Waals surface area contributed by atoms with Crippen LogP contribution in [0.5, 0.6) is 0 Å². The van der Waals surface area contributed by atoms with E-state index in [1.807, 2.05) is 31.2 Å². The van der Waals surface area contributed by atoms with Crippen LogP contribution in [0.15, 0.2) is 79.3 Å². The number of rotatable bonds is 7. The van der Waals surface area contributed by atoms with Crippen LogP contribution in [-0.4, -0.2) is 73.3 Å². The Bertz CT molecular complexity index is 2210. The Morgan fingerprint density at radius 3 is 2.38 bits per heavy atom. The van der Waals surface area contributed by atoms with Gasteiger partial charge in [0.05, 0.1) is 17.3 Å². The van der Waals surface area contributed by atoms with Crippen LogP contribution >= 0.6 is 0 Å². The summed E-state index contributed by atoms with van der Waals surface area (Å²) in [6.07, 6.45) is 4.84. The summed E-state index contributed by atoms with van der Waals surface area (Å²) in [5, 5.41) is 7.27. The zero-order valence-corrected chi connectivity index (χ0v) is 32.0. The number of likely N-dealkylation sites (tertiary alicyclic amines) is 1. The van der Waals surface area contributed by atoms with Crippen molar-refractivity contribution in [1.82, 2.24) is 24.8 Å². The lowest BCUT2D eigenvalue weighted by Crippen LogP contribution is -2.53. The summed E-state index contributed by atoms with van der Waals surface area (Å²) in [5.41, 5.74) is 0.909. The number of carbonyl (C=O) groups is 3. The van der Waals surface area contributed by atoms with Gasteiger partial charge in [0.2, 0.25) is 5.95 Å². The summed E-state index contributed by atoms with van der Waals surface area (Å²) < 4.78 is 27.0. The number of fused-ring (bicyclic) bond motifs is 1. The number of piperidine rings is 1.